The number of methoxy groups -OCH3 is 1. The van der Waals surface area contributed by atoms with E-state index in [-0.39, 0.29) is 23.2 Å². The fraction of sp³-hybridized carbons (Fsp3) is 0.476. The number of benzene rings is 3. The summed E-state index contributed by atoms with van der Waals surface area (Å²) < 4.78 is 40.1. The maximum atomic E-state index is 14.7. The Hall–Kier alpha value is -3.70. The number of fused-ring (bicyclic) bond motifs is 5. The average Bonchev–Trinajstić information content (AvgIpc) is 3.28. The summed E-state index contributed by atoms with van der Waals surface area (Å²) in [5.74, 6) is 0.135. The number of carbonyl (C=O) groups is 2. The van der Waals surface area contributed by atoms with Gasteiger partial charge in [0.1, 0.15) is 15.7 Å². The molecule has 3 aromatic rings. The summed E-state index contributed by atoms with van der Waals surface area (Å²) >= 11 is 6.47. The van der Waals surface area contributed by atoms with E-state index in [0.717, 1.165) is 73.5 Å². The number of hydrogen-bond acceptors (Lipinski definition) is 7. The van der Waals surface area contributed by atoms with Crippen molar-refractivity contribution in [2.24, 2.45) is 22.1 Å². The minimum Gasteiger partial charge on any atom is -0.490 e. The number of hydrogen-bond donors (Lipinski definition) is 1. The van der Waals surface area contributed by atoms with Gasteiger partial charge in [-0.05, 0) is 127 Å². The van der Waals surface area contributed by atoms with Crippen molar-refractivity contribution in [3.63, 3.8) is 0 Å². The Morgan fingerprint density at radius 2 is 1.96 bits per heavy atom. The van der Waals surface area contributed by atoms with Crippen molar-refractivity contribution in [1.82, 2.24) is 4.72 Å². The molecule has 1 fully saturated rings. The maximum Gasteiger partial charge on any atom is 0.286 e. The highest BCUT2D eigenvalue weighted by molar-refractivity contribution is 7.92. The van der Waals surface area contributed by atoms with Crippen LogP contribution in [0.15, 0.2) is 71.1 Å². The molecule has 9 nitrogen and oxygen atoms in total. The van der Waals surface area contributed by atoms with Crippen molar-refractivity contribution in [3.8, 4) is 5.75 Å². The summed E-state index contributed by atoms with van der Waals surface area (Å²) in [6.45, 7) is 5.03. The van der Waals surface area contributed by atoms with E-state index in [1.165, 1.54) is 11.1 Å². The number of carbonyl (C=O) groups excluding carboxylic acids is 2. The molecule has 3 aromatic carbocycles. The molecule has 6 atom stereocenters. The number of ether oxygens (including phenoxy) is 3. The average molecular weight is 758 g/mol. The third kappa shape index (κ3) is 7.40. The number of halogens is 1. The number of aryl methyl sites for hydroxylation is 1. The van der Waals surface area contributed by atoms with Crippen LogP contribution in [0.4, 0.5) is 5.69 Å². The Bertz CT molecular complexity index is 2080. The van der Waals surface area contributed by atoms with Gasteiger partial charge in [-0.25, -0.2) is 4.21 Å². The minimum atomic E-state index is -3.54. The first-order valence-corrected chi connectivity index (χ1v) is 21.0. The predicted octanol–water partition coefficient (Wildman–Crippen LogP) is 7.48. The molecule has 3 heterocycles. The Kier molecular flexibility index (Phi) is 10.2. The molecule has 5 aliphatic rings. The van der Waals surface area contributed by atoms with Crippen molar-refractivity contribution in [1.29, 1.82) is 0 Å². The molecule has 3 aliphatic heterocycles. The smallest absolute Gasteiger partial charge is 0.286 e. The van der Waals surface area contributed by atoms with E-state index in [1.54, 1.807) is 25.3 Å². The van der Waals surface area contributed by atoms with Crippen LogP contribution in [0.1, 0.15) is 82.0 Å². The summed E-state index contributed by atoms with van der Waals surface area (Å²) in [6.07, 6.45) is 10.7. The number of amides is 2. The molecule has 2 bridgehead atoms. The van der Waals surface area contributed by atoms with Gasteiger partial charge in [-0.2, -0.15) is 0 Å². The number of allylic oxidation sites excluding steroid dienone is 1. The quantitative estimate of drug-likeness (QED) is 0.276. The van der Waals surface area contributed by atoms with Crippen LogP contribution < -0.4 is 14.4 Å². The van der Waals surface area contributed by atoms with E-state index in [4.69, 9.17) is 25.8 Å². The monoisotopic (exact) mass is 757 g/mol. The molecule has 280 valence electrons. The van der Waals surface area contributed by atoms with Crippen molar-refractivity contribution in [3.05, 3.63) is 105 Å². The molecule has 8 rings (SSSR count). The van der Waals surface area contributed by atoms with Crippen molar-refractivity contribution < 1.29 is 28.0 Å². The van der Waals surface area contributed by atoms with E-state index in [1.807, 2.05) is 31.2 Å². The van der Waals surface area contributed by atoms with Gasteiger partial charge < -0.3 is 19.1 Å². The zero-order chi connectivity index (χ0) is 36.7. The lowest BCUT2D eigenvalue weighted by Crippen LogP contribution is -2.49. The number of anilines is 1. The maximum absolute atomic E-state index is 14.7. The zero-order valence-electron chi connectivity index (χ0n) is 30.5. The third-order valence-corrected chi connectivity index (χ3v) is 14.2. The molecule has 1 N–H and O–H groups in total. The molecule has 53 heavy (non-hydrogen) atoms. The second-order valence-electron chi connectivity index (χ2n) is 15.7. The Labute approximate surface area is 317 Å². The predicted molar refractivity (Wildman–Crippen MR) is 207 cm³/mol. The lowest BCUT2D eigenvalue weighted by molar-refractivity contribution is 0.0131. The largest absolute Gasteiger partial charge is 0.490 e. The Morgan fingerprint density at radius 3 is 2.79 bits per heavy atom. The molecular weight excluding hydrogens is 710 g/mol. The first-order valence-electron chi connectivity index (χ1n) is 18.9. The van der Waals surface area contributed by atoms with E-state index < -0.39 is 21.7 Å². The molecule has 0 saturated heterocycles. The van der Waals surface area contributed by atoms with Crippen LogP contribution in [0, 0.1) is 17.8 Å². The number of nitrogens with one attached hydrogen (secondary N) is 1. The van der Waals surface area contributed by atoms with E-state index in [2.05, 4.69) is 38.3 Å². The Morgan fingerprint density at radius 1 is 1.08 bits per heavy atom. The molecule has 1 saturated carbocycles. The van der Waals surface area contributed by atoms with Crippen LogP contribution in [0.25, 0.3) is 0 Å². The molecule has 2 amide bonds. The summed E-state index contributed by atoms with van der Waals surface area (Å²) in [7, 11) is -1.77. The molecule has 0 radical (unpaired) electrons. The van der Waals surface area contributed by atoms with Crippen LogP contribution in [0.2, 0.25) is 5.02 Å². The van der Waals surface area contributed by atoms with Gasteiger partial charge in [-0.3, -0.25) is 14.3 Å². The van der Waals surface area contributed by atoms with Gasteiger partial charge in [0.2, 0.25) is 0 Å². The summed E-state index contributed by atoms with van der Waals surface area (Å²) in [4.78, 5) is 30.2. The molecule has 0 unspecified atom stereocenters. The fourth-order valence-electron chi connectivity index (χ4n) is 9.08. The molecular formula is C42H48ClN3O6S. The highest BCUT2D eigenvalue weighted by Gasteiger charge is 2.44. The van der Waals surface area contributed by atoms with Gasteiger partial charge in [0.05, 0.1) is 37.4 Å². The molecule has 11 heteroatoms. The van der Waals surface area contributed by atoms with Crippen LogP contribution in [-0.2, 0) is 44.3 Å². The third-order valence-electron chi connectivity index (χ3n) is 12.0. The SMILES string of the molecule is CO[C@H]1/C=C/C[C@H](C)C[S@@](=O)(NC(=O)c2ccc3c(c2)COCC3)=NC(=O)c2ccc3c(c2)N(C[C@@H]2CC[C@H]21)C[C@@]1(CCCc2cc(Cl)ccc21)CO3. The number of rotatable bonds is 3. The lowest BCUT2D eigenvalue weighted by atomic mass is 9.68. The van der Waals surface area contributed by atoms with Crippen molar-refractivity contribution in [2.45, 2.75) is 70.0 Å². The second-order valence-corrected chi connectivity index (χ2v) is 18.1. The van der Waals surface area contributed by atoms with Crippen molar-refractivity contribution in [2.75, 3.05) is 44.1 Å². The topological polar surface area (TPSA) is 107 Å². The van der Waals surface area contributed by atoms with E-state index in [0.29, 0.717) is 55.0 Å². The fourth-order valence-corrected chi connectivity index (χ4v) is 11.2. The Balaban J connectivity index is 1.18. The molecule has 0 aromatic heterocycles. The second kappa shape index (κ2) is 14.9. The highest BCUT2D eigenvalue weighted by atomic mass is 35.5. The first-order chi connectivity index (χ1) is 25.6. The van der Waals surface area contributed by atoms with Gasteiger partial charge in [-0.1, -0.05) is 42.8 Å². The standard InChI is InChI=1S/C42H48ClN3O6S/c1-27-5-3-7-38(50-2)35-13-10-32(35)22-46-25-42(17-4-6-29-20-34(43)12-14-36(29)42)26-52-39-15-11-31(21-37(39)46)41(48)45-53(49,24-27)44-40(47)30-9-8-28-16-18-51-23-33(28)19-30/h3,7-9,11-12,14-15,19-21,27,32,35,38H,4-6,10,13,16-18,22-26H2,1-2H3,(H,44,45,47,48,49)/b7-3+/t27-,32-,35+,38-,42-,53+/m0/s1. The van der Waals surface area contributed by atoms with Crippen molar-refractivity contribution >= 4 is 39.0 Å². The van der Waals surface area contributed by atoms with Gasteiger partial charge in [0.25, 0.3) is 11.8 Å². The highest BCUT2D eigenvalue weighted by Crippen LogP contribution is 2.47. The van der Waals surface area contributed by atoms with E-state index >= 15 is 0 Å². The zero-order valence-corrected chi connectivity index (χ0v) is 32.1. The van der Waals surface area contributed by atoms with E-state index in [9.17, 15) is 13.8 Å². The molecule has 2 aliphatic carbocycles. The summed E-state index contributed by atoms with van der Waals surface area (Å²) in [5, 5.41) is 0.742. The van der Waals surface area contributed by atoms with Crippen LogP contribution in [0.5, 0.6) is 5.75 Å². The van der Waals surface area contributed by atoms with Gasteiger partial charge in [0, 0.05) is 41.8 Å². The van der Waals surface area contributed by atoms with Crippen LogP contribution in [-0.4, -0.2) is 61.3 Å². The van der Waals surface area contributed by atoms with Crippen LogP contribution >= 0.6 is 11.6 Å². The van der Waals surface area contributed by atoms with Crippen LogP contribution in [0.3, 0.4) is 0 Å². The molecule has 1 spiro atoms. The normalized spacial score (nSPS) is 30.3. The summed E-state index contributed by atoms with van der Waals surface area (Å²) in [5.41, 5.74) is 5.84. The van der Waals surface area contributed by atoms with Gasteiger partial charge >= 0.3 is 0 Å². The minimum absolute atomic E-state index is 0.0126. The van der Waals surface area contributed by atoms with Gasteiger partial charge in [0.15, 0.2) is 0 Å². The van der Waals surface area contributed by atoms with Gasteiger partial charge in [-0.15, -0.1) is 4.36 Å². The number of nitrogens with zero attached hydrogens (tertiary/aromatic N) is 2. The lowest BCUT2D eigenvalue weighted by Gasteiger charge is -2.46. The summed E-state index contributed by atoms with van der Waals surface area (Å²) in [6, 6.07) is 17.1. The first kappa shape index (κ1) is 36.3.